The van der Waals surface area contributed by atoms with E-state index in [1.807, 2.05) is 44.4 Å². The molecule has 1 atom stereocenters. The molecule has 1 saturated carbocycles. The number of para-hydroxylation sites is 1. The molecule has 0 bridgehead atoms. The molecule has 1 aromatic rings. The van der Waals surface area contributed by atoms with Crippen LogP contribution < -0.4 is 4.74 Å². The van der Waals surface area contributed by atoms with Crippen molar-refractivity contribution in [1.29, 1.82) is 0 Å². The molecule has 1 fully saturated rings. The fraction of sp³-hybridized carbons (Fsp3) is 0.471. The van der Waals surface area contributed by atoms with Gasteiger partial charge in [-0.15, -0.1) is 0 Å². The highest BCUT2D eigenvalue weighted by Gasteiger charge is 2.26. The van der Waals surface area contributed by atoms with Gasteiger partial charge in [0.15, 0.2) is 5.78 Å². The Morgan fingerprint density at radius 2 is 2.10 bits per heavy atom. The van der Waals surface area contributed by atoms with Crippen LogP contribution in [0.25, 0.3) is 6.08 Å². The molecular formula is C17H23NO2. The zero-order chi connectivity index (χ0) is 14.5. The number of Topliss-reactive ketones (excluding diaryl/α,β-unsaturated/α-hetero) is 1. The van der Waals surface area contributed by atoms with Gasteiger partial charge < -0.3 is 9.64 Å². The second-order valence-electron chi connectivity index (χ2n) is 5.63. The third-order valence-corrected chi connectivity index (χ3v) is 3.74. The molecule has 1 aliphatic rings. The van der Waals surface area contributed by atoms with Crippen molar-refractivity contribution in [3.05, 3.63) is 35.4 Å². The second-order valence-corrected chi connectivity index (χ2v) is 5.63. The van der Waals surface area contributed by atoms with E-state index in [1.54, 1.807) is 7.11 Å². The third kappa shape index (κ3) is 3.48. The first-order valence-electron chi connectivity index (χ1n) is 7.14. The molecule has 0 radical (unpaired) electrons. The summed E-state index contributed by atoms with van der Waals surface area (Å²) in [6, 6.07) is 7.84. The fourth-order valence-electron chi connectivity index (χ4n) is 2.79. The van der Waals surface area contributed by atoms with Crippen LogP contribution in [0, 0.1) is 5.92 Å². The summed E-state index contributed by atoms with van der Waals surface area (Å²) >= 11 is 0. The molecule has 1 aromatic carbocycles. The van der Waals surface area contributed by atoms with E-state index < -0.39 is 0 Å². The first kappa shape index (κ1) is 14.8. The molecule has 2 rings (SSSR count). The number of methoxy groups -OCH3 is 1. The zero-order valence-corrected chi connectivity index (χ0v) is 12.6. The first-order valence-corrected chi connectivity index (χ1v) is 7.14. The Morgan fingerprint density at radius 1 is 1.35 bits per heavy atom. The molecule has 3 nitrogen and oxygen atoms in total. The van der Waals surface area contributed by atoms with E-state index >= 15 is 0 Å². The molecule has 1 unspecified atom stereocenters. The maximum absolute atomic E-state index is 12.5. The Morgan fingerprint density at radius 3 is 2.80 bits per heavy atom. The number of carbonyl (C=O) groups excluding carboxylic acids is 1. The van der Waals surface area contributed by atoms with Crippen molar-refractivity contribution >= 4 is 11.9 Å². The maximum Gasteiger partial charge on any atom is 0.163 e. The molecule has 108 valence electrons. The van der Waals surface area contributed by atoms with E-state index in [0.717, 1.165) is 42.7 Å². The first-order chi connectivity index (χ1) is 9.61. The summed E-state index contributed by atoms with van der Waals surface area (Å²) in [6.45, 7) is 0.835. The van der Waals surface area contributed by atoms with Crippen LogP contribution in [-0.2, 0) is 4.79 Å². The standard InChI is InChI=1S/C17H23NO2/c1-18(2)12-15-9-6-8-14(17(15)19)11-13-7-4-5-10-16(13)20-3/h4-5,7,10-11,15H,6,8-9,12H2,1-3H3/b14-11+. The molecule has 0 spiro atoms. The van der Waals surface area contributed by atoms with Gasteiger partial charge in [-0.3, -0.25) is 4.79 Å². The molecule has 0 aromatic heterocycles. The van der Waals surface area contributed by atoms with Crippen LogP contribution in [0.2, 0.25) is 0 Å². The summed E-state index contributed by atoms with van der Waals surface area (Å²) in [6.07, 6.45) is 4.97. The number of allylic oxidation sites excluding steroid dienone is 1. The molecular weight excluding hydrogens is 250 g/mol. The molecule has 0 N–H and O–H groups in total. The van der Waals surface area contributed by atoms with E-state index in [-0.39, 0.29) is 5.92 Å². The molecule has 1 aliphatic carbocycles. The van der Waals surface area contributed by atoms with Crippen molar-refractivity contribution in [2.45, 2.75) is 19.3 Å². The van der Waals surface area contributed by atoms with Crippen LogP contribution in [-0.4, -0.2) is 38.4 Å². The van der Waals surface area contributed by atoms with Gasteiger partial charge in [-0.2, -0.15) is 0 Å². The van der Waals surface area contributed by atoms with Crippen LogP contribution in [0.3, 0.4) is 0 Å². The van der Waals surface area contributed by atoms with Crippen LogP contribution >= 0.6 is 0 Å². The summed E-state index contributed by atoms with van der Waals surface area (Å²) < 4.78 is 5.35. The van der Waals surface area contributed by atoms with Gasteiger partial charge in [-0.1, -0.05) is 18.2 Å². The highest BCUT2D eigenvalue weighted by Crippen LogP contribution is 2.29. The van der Waals surface area contributed by atoms with Crippen molar-refractivity contribution in [3.8, 4) is 5.75 Å². The van der Waals surface area contributed by atoms with Crippen LogP contribution in [0.1, 0.15) is 24.8 Å². The van der Waals surface area contributed by atoms with Crippen molar-refractivity contribution in [2.24, 2.45) is 5.92 Å². The molecule has 20 heavy (non-hydrogen) atoms. The monoisotopic (exact) mass is 273 g/mol. The lowest BCUT2D eigenvalue weighted by molar-refractivity contribution is -0.120. The van der Waals surface area contributed by atoms with Crippen LogP contribution in [0.4, 0.5) is 0 Å². The number of carbonyl (C=O) groups is 1. The van der Waals surface area contributed by atoms with Crippen molar-refractivity contribution in [3.63, 3.8) is 0 Å². The Labute approximate surface area is 121 Å². The van der Waals surface area contributed by atoms with Crippen molar-refractivity contribution in [1.82, 2.24) is 4.90 Å². The van der Waals surface area contributed by atoms with E-state index in [0.29, 0.717) is 5.78 Å². The van der Waals surface area contributed by atoms with Crippen LogP contribution in [0.5, 0.6) is 5.75 Å². The lowest BCUT2D eigenvalue weighted by Crippen LogP contribution is -2.31. The minimum absolute atomic E-state index is 0.139. The van der Waals surface area contributed by atoms with Crippen molar-refractivity contribution < 1.29 is 9.53 Å². The molecule has 3 heteroatoms. The predicted octanol–water partition coefficient (Wildman–Crippen LogP) is 3.01. The van der Waals surface area contributed by atoms with Crippen LogP contribution in [0.15, 0.2) is 29.8 Å². The van der Waals surface area contributed by atoms with Gasteiger partial charge >= 0.3 is 0 Å². The normalized spacial score (nSPS) is 21.5. The topological polar surface area (TPSA) is 29.5 Å². The number of rotatable bonds is 4. The van der Waals surface area contributed by atoms with Gasteiger partial charge in [0, 0.05) is 18.0 Å². The lowest BCUT2D eigenvalue weighted by atomic mass is 9.83. The van der Waals surface area contributed by atoms with E-state index in [4.69, 9.17) is 4.74 Å². The summed E-state index contributed by atoms with van der Waals surface area (Å²) in [7, 11) is 5.70. The largest absolute Gasteiger partial charge is 0.496 e. The van der Waals surface area contributed by atoms with Gasteiger partial charge in [-0.25, -0.2) is 0 Å². The Kier molecular flexibility index (Phi) is 4.96. The van der Waals surface area contributed by atoms with Crippen molar-refractivity contribution in [2.75, 3.05) is 27.7 Å². The Hall–Kier alpha value is -1.61. The molecule has 0 amide bonds. The number of hydrogen-bond donors (Lipinski definition) is 0. The number of nitrogens with zero attached hydrogens (tertiary/aromatic N) is 1. The average molecular weight is 273 g/mol. The van der Waals surface area contributed by atoms with E-state index in [1.165, 1.54) is 0 Å². The fourth-order valence-corrected chi connectivity index (χ4v) is 2.79. The number of ketones is 1. The highest BCUT2D eigenvalue weighted by molar-refractivity contribution is 6.02. The smallest absolute Gasteiger partial charge is 0.163 e. The van der Waals surface area contributed by atoms with E-state index in [9.17, 15) is 4.79 Å². The number of hydrogen-bond acceptors (Lipinski definition) is 3. The minimum atomic E-state index is 0.139. The molecule has 0 aliphatic heterocycles. The Balaban J connectivity index is 2.22. The Bertz CT molecular complexity index is 505. The van der Waals surface area contributed by atoms with E-state index in [2.05, 4.69) is 4.90 Å². The molecule has 0 heterocycles. The second kappa shape index (κ2) is 6.71. The maximum atomic E-state index is 12.5. The number of benzene rings is 1. The third-order valence-electron chi connectivity index (χ3n) is 3.74. The summed E-state index contributed by atoms with van der Waals surface area (Å²) in [5.74, 6) is 1.26. The molecule has 0 saturated heterocycles. The van der Waals surface area contributed by atoms with Gasteiger partial charge in [0.2, 0.25) is 0 Å². The summed E-state index contributed by atoms with van der Waals surface area (Å²) in [4.78, 5) is 14.6. The minimum Gasteiger partial charge on any atom is -0.496 e. The highest BCUT2D eigenvalue weighted by atomic mass is 16.5. The van der Waals surface area contributed by atoms with Gasteiger partial charge in [0.25, 0.3) is 0 Å². The SMILES string of the molecule is COc1ccccc1/C=C1\CCCC(CN(C)C)C1=O. The zero-order valence-electron chi connectivity index (χ0n) is 12.6. The summed E-state index contributed by atoms with van der Waals surface area (Å²) in [5.41, 5.74) is 1.93. The van der Waals surface area contributed by atoms with Gasteiger partial charge in [0.1, 0.15) is 5.75 Å². The predicted molar refractivity (Wildman–Crippen MR) is 81.9 cm³/mol. The van der Waals surface area contributed by atoms with Gasteiger partial charge in [-0.05, 0) is 51.1 Å². The quantitative estimate of drug-likeness (QED) is 0.790. The van der Waals surface area contributed by atoms with Gasteiger partial charge in [0.05, 0.1) is 7.11 Å². The summed E-state index contributed by atoms with van der Waals surface area (Å²) in [5, 5.41) is 0. The lowest BCUT2D eigenvalue weighted by Gasteiger charge is -2.25. The average Bonchev–Trinajstić information content (AvgIpc) is 2.43. The number of ether oxygens (including phenoxy) is 1.